The Morgan fingerprint density at radius 3 is 2.47 bits per heavy atom. The number of thiophene rings is 1. The molecular weight excluding hydrogens is 452 g/mol. The van der Waals surface area contributed by atoms with Gasteiger partial charge in [-0.05, 0) is 50.3 Å². The number of nitrogens with zero attached hydrogens (tertiary/aromatic N) is 3. The molecule has 178 valence electrons. The molecule has 1 aromatic carbocycles. The number of nitrogens with one attached hydrogen (secondary N) is 1. The lowest BCUT2D eigenvalue weighted by molar-refractivity contribution is -0.135. The zero-order valence-electron chi connectivity index (χ0n) is 19.2. The Hall–Kier alpha value is -3.46. The number of aromatic hydroxyl groups is 1. The van der Waals surface area contributed by atoms with Crippen LogP contribution < -0.4 is 10.2 Å². The molecule has 3 aromatic rings. The average Bonchev–Trinajstić information content (AvgIpc) is 3.31. The summed E-state index contributed by atoms with van der Waals surface area (Å²) in [7, 11) is 0. The second-order valence-electron chi connectivity index (χ2n) is 8.64. The highest BCUT2D eigenvalue weighted by Gasteiger charge is 2.24. The van der Waals surface area contributed by atoms with Crippen LogP contribution in [0.4, 0.5) is 5.00 Å². The van der Waals surface area contributed by atoms with Gasteiger partial charge in [-0.15, -0.1) is 11.3 Å². The minimum atomic E-state index is -1.16. The van der Waals surface area contributed by atoms with Gasteiger partial charge < -0.3 is 20.4 Å². The van der Waals surface area contributed by atoms with E-state index in [0.29, 0.717) is 23.9 Å². The molecule has 1 aliphatic rings. The summed E-state index contributed by atoms with van der Waals surface area (Å²) in [6.07, 6.45) is 2.55. The smallest absolute Gasteiger partial charge is 0.322 e. The largest absolute Gasteiger partial charge is 0.504 e. The molecule has 0 spiro atoms. The molecule has 1 fully saturated rings. The minimum Gasteiger partial charge on any atom is -0.504 e. The molecule has 3 N–H and O–H groups in total. The number of anilines is 1. The van der Waals surface area contributed by atoms with E-state index in [4.69, 9.17) is 5.11 Å². The standard InChI is InChI=1S/C25H28N4O4S/c1-15-3-5-18(6-4-15)19-7-8-21(34-19)29-11-9-17(10-12-29)13-20-27-16(2)24(32)23(28-20)25(33)26-14-22(30)31/h3-8,17,32H,9-14H2,1-2H3,(H,26,33)(H,30,31). The number of rotatable bonds is 7. The van der Waals surface area contributed by atoms with Gasteiger partial charge in [0.1, 0.15) is 12.4 Å². The summed E-state index contributed by atoms with van der Waals surface area (Å²) in [6.45, 7) is 5.03. The van der Waals surface area contributed by atoms with Crippen molar-refractivity contribution in [3.8, 4) is 16.2 Å². The molecule has 0 unspecified atom stereocenters. The molecule has 34 heavy (non-hydrogen) atoms. The SMILES string of the molecule is Cc1ccc(-c2ccc(N3CCC(Cc4nc(C)c(O)c(C(=O)NCC(=O)O)n4)CC3)s2)cc1. The maximum Gasteiger partial charge on any atom is 0.322 e. The quantitative estimate of drug-likeness (QED) is 0.471. The van der Waals surface area contributed by atoms with Crippen LogP contribution in [0.3, 0.4) is 0 Å². The van der Waals surface area contributed by atoms with Crippen molar-refractivity contribution >= 4 is 28.2 Å². The fourth-order valence-electron chi connectivity index (χ4n) is 4.10. The van der Waals surface area contributed by atoms with E-state index in [0.717, 1.165) is 25.9 Å². The predicted molar refractivity (Wildman–Crippen MR) is 132 cm³/mol. The lowest BCUT2D eigenvalue weighted by Crippen LogP contribution is -2.34. The van der Waals surface area contributed by atoms with E-state index in [1.54, 1.807) is 18.3 Å². The molecule has 9 heteroatoms. The van der Waals surface area contributed by atoms with Gasteiger partial charge in [-0.2, -0.15) is 0 Å². The van der Waals surface area contributed by atoms with Crippen LogP contribution in [0.1, 0.15) is 40.4 Å². The lowest BCUT2D eigenvalue weighted by atomic mass is 9.93. The molecule has 2 aromatic heterocycles. The van der Waals surface area contributed by atoms with E-state index in [2.05, 4.69) is 63.5 Å². The van der Waals surface area contributed by atoms with E-state index in [1.807, 2.05) is 0 Å². The molecule has 0 saturated carbocycles. The summed E-state index contributed by atoms with van der Waals surface area (Å²) in [5.41, 5.74) is 2.62. The number of carbonyl (C=O) groups excluding carboxylic acids is 1. The van der Waals surface area contributed by atoms with Crippen molar-refractivity contribution in [2.45, 2.75) is 33.1 Å². The summed E-state index contributed by atoms with van der Waals surface area (Å²) >= 11 is 1.81. The van der Waals surface area contributed by atoms with E-state index < -0.39 is 18.4 Å². The number of benzene rings is 1. The monoisotopic (exact) mass is 480 g/mol. The highest BCUT2D eigenvalue weighted by Crippen LogP contribution is 2.36. The van der Waals surface area contributed by atoms with Crippen LogP contribution in [-0.2, 0) is 11.2 Å². The zero-order valence-corrected chi connectivity index (χ0v) is 20.1. The number of carboxylic acid groups (broad SMARTS) is 1. The summed E-state index contributed by atoms with van der Waals surface area (Å²) in [5, 5.41) is 22.5. The normalized spacial score (nSPS) is 14.2. The third-order valence-electron chi connectivity index (χ3n) is 6.05. The van der Waals surface area contributed by atoms with Gasteiger partial charge in [0, 0.05) is 24.4 Å². The number of hydrogen-bond acceptors (Lipinski definition) is 7. The van der Waals surface area contributed by atoms with E-state index >= 15 is 0 Å². The van der Waals surface area contributed by atoms with Crippen LogP contribution in [0.5, 0.6) is 5.75 Å². The van der Waals surface area contributed by atoms with Crippen molar-refractivity contribution in [3.05, 3.63) is 59.2 Å². The molecule has 4 rings (SSSR count). The maximum atomic E-state index is 12.3. The van der Waals surface area contributed by atoms with Gasteiger partial charge in [0.05, 0.1) is 10.7 Å². The van der Waals surface area contributed by atoms with Crippen LogP contribution in [0.15, 0.2) is 36.4 Å². The topological polar surface area (TPSA) is 116 Å². The predicted octanol–water partition coefficient (Wildman–Crippen LogP) is 3.80. The fraction of sp³-hybridized carbons (Fsp3) is 0.360. The van der Waals surface area contributed by atoms with Gasteiger partial charge in [0.15, 0.2) is 11.4 Å². The molecule has 0 aliphatic carbocycles. The number of aromatic nitrogens is 2. The number of amides is 1. The van der Waals surface area contributed by atoms with Gasteiger partial charge in [0.2, 0.25) is 0 Å². The zero-order chi connectivity index (χ0) is 24.2. The van der Waals surface area contributed by atoms with E-state index in [-0.39, 0.29) is 11.4 Å². The summed E-state index contributed by atoms with van der Waals surface area (Å²) < 4.78 is 0. The number of carboxylic acids is 1. The molecule has 1 aliphatic heterocycles. The molecule has 3 heterocycles. The van der Waals surface area contributed by atoms with E-state index in [9.17, 15) is 14.7 Å². The van der Waals surface area contributed by atoms with E-state index in [1.165, 1.54) is 21.0 Å². The first-order valence-electron chi connectivity index (χ1n) is 11.3. The Morgan fingerprint density at radius 1 is 1.09 bits per heavy atom. The van der Waals surface area contributed by atoms with Crippen LogP contribution >= 0.6 is 11.3 Å². The van der Waals surface area contributed by atoms with Crippen molar-refractivity contribution in [2.75, 3.05) is 24.5 Å². The fourth-order valence-corrected chi connectivity index (χ4v) is 5.16. The van der Waals surface area contributed by atoms with Gasteiger partial charge in [0.25, 0.3) is 5.91 Å². The van der Waals surface area contributed by atoms with Crippen molar-refractivity contribution in [1.29, 1.82) is 0 Å². The number of hydrogen-bond donors (Lipinski definition) is 3. The van der Waals surface area contributed by atoms with Gasteiger partial charge in [-0.3, -0.25) is 9.59 Å². The molecule has 0 radical (unpaired) electrons. The first kappa shape index (κ1) is 23.7. The van der Waals surface area contributed by atoms with Crippen molar-refractivity contribution in [2.24, 2.45) is 5.92 Å². The van der Waals surface area contributed by atoms with Crippen LogP contribution in [0, 0.1) is 19.8 Å². The molecule has 1 saturated heterocycles. The van der Waals surface area contributed by atoms with Crippen LogP contribution in [-0.4, -0.2) is 51.7 Å². The number of carbonyl (C=O) groups is 2. The number of piperidine rings is 1. The first-order chi connectivity index (χ1) is 16.3. The average molecular weight is 481 g/mol. The Kier molecular flexibility index (Phi) is 7.12. The summed E-state index contributed by atoms with van der Waals surface area (Å²) in [5.74, 6) is -1.34. The summed E-state index contributed by atoms with van der Waals surface area (Å²) in [4.78, 5) is 35.3. The second-order valence-corrected chi connectivity index (χ2v) is 9.70. The molecule has 0 bridgehead atoms. The Labute approximate surface area is 202 Å². The van der Waals surface area contributed by atoms with Gasteiger partial charge >= 0.3 is 5.97 Å². The highest BCUT2D eigenvalue weighted by atomic mass is 32.1. The van der Waals surface area contributed by atoms with Crippen molar-refractivity contribution < 1.29 is 19.8 Å². The lowest BCUT2D eigenvalue weighted by Gasteiger charge is -2.32. The summed E-state index contributed by atoms with van der Waals surface area (Å²) in [6, 6.07) is 13.0. The number of aliphatic carboxylic acids is 1. The third kappa shape index (κ3) is 5.53. The first-order valence-corrected chi connectivity index (χ1v) is 12.1. The van der Waals surface area contributed by atoms with Gasteiger partial charge in [-0.1, -0.05) is 29.8 Å². The van der Waals surface area contributed by atoms with Crippen LogP contribution in [0.25, 0.3) is 10.4 Å². The van der Waals surface area contributed by atoms with Crippen LogP contribution in [0.2, 0.25) is 0 Å². The van der Waals surface area contributed by atoms with Gasteiger partial charge in [-0.25, -0.2) is 9.97 Å². The molecular formula is C25H28N4O4S. The van der Waals surface area contributed by atoms with Crippen molar-refractivity contribution in [3.63, 3.8) is 0 Å². The van der Waals surface area contributed by atoms with Crippen molar-refractivity contribution in [1.82, 2.24) is 15.3 Å². The highest BCUT2D eigenvalue weighted by molar-refractivity contribution is 7.19. The molecule has 1 amide bonds. The minimum absolute atomic E-state index is 0.177. The Balaban J connectivity index is 1.37. The number of aryl methyl sites for hydroxylation is 2. The molecule has 0 atom stereocenters. The maximum absolute atomic E-state index is 12.3. The second kappa shape index (κ2) is 10.2. The Bertz CT molecular complexity index is 1180. The Morgan fingerprint density at radius 2 is 1.79 bits per heavy atom. The molecule has 8 nitrogen and oxygen atoms in total. The third-order valence-corrected chi connectivity index (χ3v) is 7.24.